The van der Waals surface area contributed by atoms with Gasteiger partial charge in [0.05, 0.1) is 15.3 Å². The molecule has 1 aromatic carbocycles. The van der Waals surface area contributed by atoms with Gasteiger partial charge in [0.15, 0.2) is 0 Å². The summed E-state index contributed by atoms with van der Waals surface area (Å²) in [4.78, 5) is 12.9. The summed E-state index contributed by atoms with van der Waals surface area (Å²) in [6, 6.07) is 9.46. The number of hydrogen-bond acceptors (Lipinski definition) is 3. The number of rotatable bonds is 5. The molecular formula is C14H13Br2NO2S. The fraction of sp³-hybridized carbons (Fsp3) is 0.214. The van der Waals surface area contributed by atoms with Crippen LogP contribution >= 0.6 is 43.2 Å². The second-order valence-corrected chi connectivity index (χ2v) is 7.21. The van der Waals surface area contributed by atoms with Crippen LogP contribution in [0.2, 0.25) is 0 Å². The Hall–Kier alpha value is -0.690. The summed E-state index contributed by atoms with van der Waals surface area (Å²) in [5, 5.41) is 2.93. The second kappa shape index (κ2) is 7.36. The molecule has 0 unspecified atom stereocenters. The van der Waals surface area contributed by atoms with Crippen molar-refractivity contribution in [2.75, 3.05) is 11.9 Å². The van der Waals surface area contributed by atoms with Crippen LogP contribution in [0.15, 0.2) is 38.6 Å². The first kappa shape index (κ1) is 15.7. The minimum Gasteiger partial charge on any atom is -0.377 e. The van der Waals surface area contributed by atoms with Crippen molar-refractivity contribution in [3.05, 3.63) is 49.0 Å². The van der Waals surface area contributed by atoms with E-state index in [1.165, 1.54) is 11.3 Å². The molecule has 0 saturated carbocycles. The molecule has 2 rings (SSSR count). The Bertz CT molecular complexity index is 593. The topological polar surface area (TPSA) is 38.3 Å². The highest BCUT2D eigenvalue weighted by Crippen LogP contribution is 2.32. The largest absolute Gasteiger partial charge is 0.377 e. The quantitative estimate of drug-likeness (QED) is 0.736. The lowest BCUT2D eigenvalue weighted by Gasteiger charge is -2.10. The molecule has 1 amide bonds. The van der Waals surface area contributed by atoms with Crippen LogP contribution in [0, 0.1) is 0 Å². The van der Waals surface area contributed by atoms with Gasteiger partial charge in [-0.25, -0.2) is 0 Å². The van der Waals surface area contributed by atoms with Crippen LogP contribution in [0.5, 0.6) is 0 Å². The smallest absolute Gasteiger partial charge is 0.265 e. The fourth-order valence-corrected chi connectivity index (χ4v) is 3.55. The SMILES string of the molecule is CCOCc1ccccc1NC(=O)c1cc(Br)c(Br)s1. The van der Waals surface area contributed by atoms with E-state index in [0.29, 0.717) is 18.1 Å². The van der Waals surface area contributed by atoms with Crippen LogP contribution in [0.3, 0.4) is 0 Å². The molecule has 0 radical (unpaired) electrons. The minimum absolute atomic E-state index is 0.120. The summed E-state index contributed by atoms with van der Waals surface area (Å²) in [5.74, 6) is -0.120. The lowest BCUT2D eigenvalue weighted by Crippen LogP contribution is -2.12. The predicted molar refractivity (Wildman–Crippen MR) is 89.4 cm³/mol. The van der Waals surface area contributed by atoms with Crippen LogP contribution in [0.1, 0.15) is 22.2 Å². The first-order valence-corrected chi connectivity index (χ1v) is 8.44. The van der Waals surface area contributed by atoms with E-state index in [4.69, 9.17) is 4.74 Å². The van der Waals surface area contributed by atoms with Crippen molar-refractivity contribution in [3.8, 4) is 0 Å². The highest BCUT2D eigenvalue weighted by atomic mass is 79.9. The molecule has 6 heteroatoms. The molecule has 20 heavy (non-hydrogen) atoms. The maximum Gasteiger partial charge on any atom is 0.265 e. The van der Waals surface area contributed by atoms with Crippen LogP contribution in [0.25, 0.3) is 0 Å². The summed E-state index contributed by atoms with van der Waals surface area (Å²) in [7, 11) is 0. The van der Waals surface area contributed by atoms with Crippen molar-refractivity contribution in [1.82, 2.24) is 0 Å². The molecule has 0 bridgehead atoms. The monoisotopic (exact) mass is 417 g/mol. The van der Waals surface area contributed by atoms with Gasteiger partial charge in [0.1, 0.15) is 0 Å². The average molecular weight is 419 g/mol. The van der Waals surface area contributed by atoms with Gasteiger partial charge in [-0.2, -0.15) is 0 Å². The van der Waals surface area contributed by atoms with E-state index in [2.05, 4.69) is 37.2 Å². The van der Waals surface area contributed by atoms with Gasteiger partial charge in [-0.05, 0) is 50.9 Å². The number of amides is 1. The Morgan fingerprint density at radius 1 is 1.35 bits per heavy atom. The Balaban J connectivity index is 2.15. The van der Waals surface area contributed by atoms with Gasteiger partial charge in [-0.3, -0.25) is 4.79 Å². The normalized spacial score (nSPS) is 10.6. The molecule has 0 atom stereocenters. The molecule has 1 heterocycles. The van der Waals surface area contributed by atoms with Gasteiger partial charge in [-0.1, -0.05) is 18.2 Å². The van der Waals surface area contributed by atoms with E-state index >= 15 is 0 Å². The second-order valence-electron chi connectivity index (χ2n) is 3.98. The number of para-hydroxylation sites is 1. The maximum atomic E-state index is 12.2. The molecule has 0 aliphatic rings. The van der Waals surface area contributed by atoms with Crippen molar-refractivity contribution in [2.24, 2.45) is 0 Å². The van der Waals surface area contributed by atoms with E-state index in [1.54, 1.807) is 6.07 Å². The Kier molecular flexibility index (Phi) is 5.77. The lowest BCUT2D eigenvalue weighted by atomic mass is 10.2. The fourth-order valence-electron chi connectivity index (χ4n) is 1.62. The molecule has 0 aliphatic carbocycles. The summed E-state index contributed by atoms with van der Waals surface area (Å²) in [6.07, 6.45) is 0. The zero-order valence-electron chi connectivity index (χ0n) is 10.8. The van der Waals surface area contributed by atoms with Gasteiger partial charge in [0, 0.05) is 22.3 Å². The number of nitrogens with one attached hydrogen (secondary N) is 1. The van der Waals surface area contributed by atoms with Gasteiger partial charge in [0.2, 0.25) is 0 Å². The van der Waals surface area contributed by atoms with Crippen LogP contribution in [-0.2, 0) is 11.3 Å². The number of carbonyl (C=O) groups excluding carboxylic acids is 1. The number of benzene rings is 1. The van der Waals surface area contributed by atoms with Gasteiger partial charge >= 0.3 is 0 Å². The molecule has 0 aliphatic heterocycles. The first-order valence-electron chi connectivity index (χ1n) is 6.03. The van der Waals surface area contributed by atoms with Crippen LogP contribution < -0.4 is 5.32 Å². The minimum atomic E-state index is -0.120. The van der Waals surface area contributed by atoms with Gasteiger partial charge in [0.25, 0.3) is 5.91 Å². The van der Waals surface area contributed by atoms with Crippen molar-refractivity contribution in [3.63, 3.8) is 0 Å². The third-order valence-electron chi connectivity index (χ3n) is 2.60. The average Bonchev–Trinajstić information content (AvgIpc) is 2.78. The van der Waals surface area contributed by atoms with Crippen molar-refractivity contribution < 1.29 is 9.53 Å². The molecule has 0 spiro atoms. The number of anilines is 1. The number of thiophene rings is 1. The number of ether oxygens (including phenoxy) is 1. The highest BCUT2D eigenvalue weighted by Gasteiger charge is 2.13. The standard InChI is InChI=1S/C14H13Br2NO2S/c1-2-19-8-9-5-3-4-6-11(9)17-14(18)12-7-10(15)13(16)20-12/h3-7H,2,8H2,1H3,(H,17,18). The van der Waals surface area contributed by atoms with E-state index in [-0.39, 0.29) is 5.91 Å². The third-order valence-corrected chi connectivity index (χ3v) is 5.85. The third kappa shape index (κ3) is 3.91. The lowest BCUT2D eigenvalue weighted by molar-refractivity contribution is 0.102. The summed E-state index contributed by atoms with van der Waals surface area (Å²) in [6.45, 7) is 3.08. The molecule has 2 aromatic rings. The van der Waals surface area contributed by atoms with E-state index < -0.39 is 0 Å². The molecule has 3 nitrogen and oxygen atoms in total. The van der Waals surface area contributed by atoms with Crippen LogP contribution in [-0.4, -0.2) is 12.5 Å². The number of halogens is 2. The van der Waals surface area contributed by atoms with Crippen molar-refractivity contribution >= 4 is 54.8 Å². The summed E-state index contributed by atoms with van der Waals surface area (Å²) >= 11 is 8.16. The maximum absolute atomic E-state index is 12.2. The molecule has 1 N–H and O–H groups in total. The predicted octanol–water partition coefficient (Wildman–Crippen LogP) is 5.06. The van der Waals surface area contributed by atoms with Crippen LogP contribution in [0.4, 0.5) is 5.69 Å². The van der Waals surface area contributed by atoms with Gasteiger partial charge in [-0.15, -0.1) is 11.3 Å². The van der Waals surface area contributed by atoms with E-state index in [9.17, 15) is 4.79 Å². The Labute approximate surface area is 138 Å². The Morgan fingerprint density at radius 2 is 2.10 bits per heavy atom. The van der Waals surface area contributed by atoms with Gasteiger partial charge < -0.3 is 10.1 Å². The zero-order valence-corrected chi connectivity index (χ0v) is 14.8. The number of hydrogen-bond donors (Lipinski definition) is 1. The zero-order chi connectivity index (χ0) is 14.5. The number of carbonyl (C=O) groups is 1. The molecular weight excluding hydrogens is 406 g/mol. The first-order chi connectivity index (χ1) is 9.61. The van der Waals surface area contributed by atoms with E-state index in [1.807, 2.05) is 31.2 Å². The van der Waals surface area contributed by atoms with E-state index in [0.717, 1.165) is 19.5 Å². The molecule has 0 saturated heterocycles. The molecule has 106 valence electrons. The molecule has 0 fully saturated rings. The Morgan fingerprint density at radius 3 is 2.75 bits per heavy atom. The molecule has 1 aromatic heterocycles. The highest BCUT2D eigenvalue weighted by molar-refractivity contribution is 9.13. The summed E-state index contributed by atoms with van der Waals surface area (Å²) in [5.41, 5.74) is 1.75. The summed E-state index contributed by atoms with van der Waals surface area (Å²) < 4.78 is 7.20. The van der Waals surface area contributed by atoms with Crippen molar-refractivity contribution in [1.29, 1.82) is 0 Å². The van der Waals surface area contributed by atoms with Crippen molar-refractivity contribution in [2.45, 2.75) is 13.5 Å².